The predicted octanol–water partition coefficient (Wildman–Crippen LogP) is 0.503. The van der Waals surface area contributed by atoms with E-state index in [9.17, 15) is 0 Å². The van der Waals surface area contributed by atoms with E-state index in [4.69, 9.17) is 56.5 Å². The Morgan fingerprint density at radius 3 is 1.30 bits per heavy atom. The normalized spacial score (nSPS) is 18.1. The van der Waals surface area contributed by atoms with Crippen molar-refractivity contribution in [2.24, 2.45) is 0 Å². The van der Waals surface area contributed by atoms with Crippen LogP contribution in [0.3, 0.4) is 0 Å². The fourth-order valence-corrected chi connectivity index (χ4v) is 3.93. The van der Waals surface area contributed by atoms with Crippen LogP contribution in [0.5, 0.6) is 0 Å². The Labute approximate surface area is 175 Å². The fraction of sp³-hybridized carbons (Fsp3) is 0.800. The molecule has 13 heteroatoms. The van der Waals surface area contributed by atoms with Crippen molar-refractivity contribution in [3.8, 4) is 0 Å². The molecule has 0 spiro atoms. The van der Waals surface area contributed by atoms with Crippen molar-refractivity contribution in [2.75, 3.05) is 49.2 Å². The molecule has 2 heterocycles. The van der Waals surface area contributed by atoms with Crippen LogP contribution in [-0.4, -0.2) is 67.8 Å². The van der Waals surface area contributed by atoms with E-state index in [0.717, 1.165) is 26.2 Å². The molecular formula is C10H18MoN4O2S6. The van der Waals surface area contributed by atoms with Crippen molar-refractivity contribution in [1.82, 2.24) is 20.9 Å². The first-order valence-electron chi connectivity index (χ1n) is 6.52. The van der Waals surface area contributed by atoms with Gasteiger partial charge in [0, 0.05) is 49.2 Å². The number of nitrogens with one attached hydrogen (secondary N) is 2. The molecule has 0 amide bonds. The molecule has 2 fully saturated rings. The van der Waals surface area contributed by atoms with Gasteiger partial charge in [-0.05, 0) is 8.64 Å². The molecule has 0 aliphatic carbocycles. The van der Waals surface area contributed by atoms with Crippen LogP contribution < -0.4 is 10.9 Å². The van der Waals surface area contributed by atoms with Gasteiger partial charge in [-0.1, -0.05) is 0 Å². The van der Waals surface area contributed by atoms with E-state index >= 15 is 0 Å². The van der Waals surface area contributed by atoms with E-state index in [1.165, 1.54) is 23.0 Å². The van der Waals surface area contributed by atoms with Gasteiger partial charge >= 0.3 is 25.3 Å². The van der Waals surface area contributed by atoms with Gasteiger partial charge in [-0.2, -0.15) is 23.5 Å². The Balaban J connectivity index is 0.000000360. The Hall–Kier alpha value is 1.13. The monoisotopic (exact) mass is 516 g/mol. The summed E-state index contributed by atoms with van der Waals surface area (Å²) in [5, 5.41) is 4.15. The Morgan fingerprint density at radius 1 is 0.826 bits per heavy atom. The molecule has 0 aromatic rings. The summed E-state index contributed by atoms with van der Waals surface area (Å²) in [5.74, 6) is 4.69. The zero-order chi connectivity index (χ0) is 17.5. The van der Waals surface area contributed by atoms with Crippen LogP contribution in [0.25, 0.3) is 0 Å². The molecule has 0 bridgehead atoms. The zero-order valence-corrected chi connectivity index (χ0v) is 19.1. The van der Waals surface area contributed by atoms with Crippen molar-refractivity contribution in [1.29, 1.82) is 0 Å². The third-order valence-corrected chi connectivity index (χ3v) is 4.77. The van der Waals surface area contributed by atoms with E-state index in [1.54, 1.807) is 0 Å². The third kappa shape index (κ3) is 16.4. The minimum absolute atomic E-state index is 0.451. The van der Waals surface area contributed by atoms with Crippen molar-refractivity contribution >= 4 is 81.9 Å². The second-order valence-electron chi connectivity index (χ2n) is 4.07. The molecule has 2 N–H and O–H groups in total. The van der Waals surface area contributed by atoms with Gasteiger partial charge in [-0.3, -0.25) is 0 Å². The van der Waals surface area contributed by atoms with Crippen LogP contribution >= 0.6 is 48.0 Å². The standard InChI is InChI=1S/2C5H10N2S3.Mo.2O/c2*8-5(9)6-7-1-3-10-4-2-7;;;/h2*1-4H2,(H2,6,8,9);;;/q;;+2;;/p-2. The van der Waals surface area contributed by atoms with Gasteiger partial charge in [-0.15, -0.1) is 0 Å². The summed E-state index contributed by atoms with van der Waals surface area (Å²) in [6, 6.07) is 0. The van der Waals surface area contributed by atoms with Crippen LogP contribution in [0.1, 0.15) is 0 Å². The molecule has 0 aromatic carbocycles. The van der Waals surface area contributed by atoms with E-state index in [-0.39, 0.29) is 0 Å². The molecule has 6 nitrogen and oxygen atoms in total. The molecule has 0 atom stereocenters. The Kier molecular flexibility index (Phi) is 17.4. The van der Waals surface area contributed by atoms with Gasteiger partial charge < -0.3 is 60.5 Å². The summed E-state index contributed by atoms with van der Waals surface area (Å²) in [6.07, 6.45) is 0. The van der Waals surface area contributed by atoms with Gasteiger partial charge in [0.1, 0.15) is 0 Å². The number of hydrazine groups is 2. The maximum atomic E-state index is 8.50. The van der Waals surface area contributed by atoms with Crippen LogP contribution in [0.2, 0.25) is 0 Å². The second kappa shape index (κ2) is 16.6. The van der Waals surface area contributed by atoms with Crippen LogP contribution in [0.4, 0.5) is 0 Å². The number of rotatable bonds is 2. The molecular weight excluding hydrogens is 496 g/mol. The maximum absolute atomic E-state index is 8.50. The van der Waals surface area contributed by atoms with Crippen molar-refractivity contribution in [2.45, 2.75) is 0 Å². The third-order valence-electron chi connectivity index (χ3n) is 2.52. The molecule has 2 rings (SSSR count). The molecule has 2 saturated heterocycles. The van der Waals surface area contributed by atoms with Gasteiger partial charge in [0.05, 0.1) is 0 Å². The molecule has 132 valence electrons. The van der Waals surface area contributed by atoms with Crippen LogP contribution in [0.15, 0.2) is 0 Å². The number of thiocarbonyl (C=S) groups is 2. The average Bonchev–Trinajstić information content (AvgIpc) is 2.49. The van der Waals surface area contributed by atoms with E-state index in [2.05, 4.69) is 20.9 Å². The van der Waals surface area contributed by atoms with Gasteiger partial charge in [0.25, 0.3) is 0 Å². The first kappa shape index (κ1) is 24.1. The molecule has 2 aliphatic heterocycles. The molecule has 0 unspecified atom stereocenters. The number of hydrogen-bond donors (Lipinski definition) is 2. The molecule has 0 saturated carbocycles. The SMILES string of the molecule is S=C([S-])NN1CCSCC1.S=C([S-])NN1CCSCC1.[O]=[Mo+2]=[O]. The number of thioether (sulfide) groups is 2. The summed E-state index contributed by atoms with van der Waals surface area (Å²) in [6.45, 7) is 4.17. The fourth-order valence-electron chi connectivity index (χ4n) is 1.61. The quantitative estimate of drug-likeness (QED) is 0.307. The Morgan fingerprint density at radius 2 is 1.09 bits per heavy atom. The van der Waals surface area contributed by atoms with E-state index in [1.807, 2.05) is 23.5 Å². The Bertz CT molecular complexity index is 358. The summed E-state index contributed by atoms with van der Waals surface area (Å²) in [7, 11) is 0. The van der Waals surface area contributed by atoms with Crippen molar-refractivity contribution in [3.05, 3.63) is 0 Å². The van der Waals surface area contributed by atoms with Crippen molar-refractivity contribution < 1.29 is 25.3 Å². The summed E-state index contributed by atoms with van der Waals surface area (Å²) in [4.78, 5) is 0. The van der Waals surface area contributed by atoms with E-state index in [0.29, 0.717) is 8.64 Å². The molecule has 23 heavy (non-hydrogen) atoms. The van der Waals surface area contributed by atoms with Gasteiger partial charge in [0.2, 0.25) is 0 Å². The van der Waals surface area contributed by atoms with E-state index < -0.39 is 18.5 Å². The predicted molar refractivity (Wildman–Crippen MR) is 105 cm³/mol. The zero-order valence-electron chi connectivity index (χ0n) is 12.2. The topological polar surface area (TPSA) is 64.7 Å². The van der Waals surface area contributed by atoms with Crippen LogP contribution in [0, 0.1) is 0 Å². The average molecular weight is 515 g/mol. The molecule has 0 radical (unpaired) electrons. The summed E-state index contributed by atoms with van der Waals surface area (Å²) < 4.78 is 17.9. The second-order valence-corrected chi connectivity index (χ2v) is 9.00. The number of nitrogens with zero attached hydrogens (tertiary/aromatic N) is 2. The molecule has 2 aliphatic rings. The minimum atomic E-state index is -2.03. The molecule has 0 aromatic heterocycles. The van der Waals surface area contributed by atoms with Gasteiger partial charge in [-0.25, -0.2) is 10.0 Å². The first-order valence-corrected chi connectivity index (χ1v) is 12.1. The summed E-state index contributed by atoms with van der Waals surface area (Å²) in [5.41, 5.74) is 5.90. The van der Waals surface area contributed by atoms with Crippen LogP contribution in [-0.2, 0) is 50.5 Å². The van der Waals surface area contributed by atoms with Crippen molar-refractivity contribution in [3.63, 3.8) is 0 Å². The number of hydrogen-bond acceptors (Lipinski definition) is 10. The summed E-state index contributed by atoms with van der Waals surface area (Å²) >= 11 is 20.8. The van der Waals surface area contributed by atoms with Gasteiger partial charge in [0.15, 0.2) is 0 Å². The first-order chi connectivity index (χ1) is 11.0.